The highest BCUT2D eigenvalue weighted by molar-refractivity contribution is 5.82. The predicted octanol–water partition coefficient (Wildman–Crippen LogP) is 2.13. The second-order valence-corrected chi connectivity index (χ2v) is 7.74. The number of nitrogens with one attached hydrogen (secondary N) is 3. The lowest BCUT2D eigenvalue weighted by Gasteiger charge is -2.37. The summed E-state index contributed by atoms with van der Waals surface area (Å²) in [5, 5.41) is 13.8. The maximum atomic E-state index is 6.02. The van der Waals surface area contributed by atoms with E-state index in [2.05, 4.69) is 58.4 Å². The Morgan fingerprint density at radius 3 is 2.60 bits per heavy atom. The molecule has 134 valence electrons. The number of hydrogen-bond acceptors (Lipinski definition) is 4. The van der Waals surface area contributed by atoms with Crippen molar-refractivity contribution in [3.63, 3.8) is 0 Å². The maximum absolute atomic E-state index is 6.02. The summed E-state index contributed by atoms with van der Waals surface area (Å²) >= 11 is 0. The Labute approximate surface area is 150 Å². The van der Waals surface area contributed by atoms with Crippen LogP contribution in [0.25, 0.3) is 10.8 Å². The van der Waals surface area contributed by atoms with Crippen LogP contribution in [0.15, 0.2) is 42.5 Å². The van der Waals surface area contributed by atoms with Crippen molar-refractivity contribution in [3.8, 4) is 0 Å². The van der Waals surface area contributed by atoms with Gasteiger partial charge in [-0.15, -0.1) is 0 Å². The SMILES string of the molecule is NC1CCC(NC2CNCC(Cc3ccc4ccccc4c3)N2)CC1. The lowest BCUT2D eigenvalue weighted by molar-refractivity contribution is 0.243. The molecule has 2 aliphatic rings. The highest BCUT2D eigenvalue weighted by atomic mass is 15.2. The first-order chi connectivity index (χ1) is 12.3. The highest BCUT2D eigenvalue weighted by Gasteiger charge is 2.25. The van der Waals surface area contributed by atoms with Crippen LogP contribution in [-0.2, 0) is 6.42 Å². The smallest absolute Gasteiger partial charge is 0.0705 e. The van der Waals surface area contributed by atoms with Crippen molar-refractivity contribution in [2.45, 2.75) is 56.4 Å². The molecular weight excluding hydrogens is 308 g/mol. The molecular formula is C21H30N4. The first-order valence-corrected chi connectivity index (χ1v) is 9.72. The summed E-state index contributed by atoms with van der Waals surface area (Å²) in [5.41, 5.74) is 7.43. The van der Waals surface area contributed by atoms with E-state index in [1.807, 2.05) is 0 Å². The van der Waals surface area contributed by atoms with Gasteiger partial charge in [-0.05, 0) is 48.4 Å². The third-order valence-corrected chi connectivity index (χ3v) is 5.68. The van der Waals surface area contributed by atoms with Gasteiger partial charge in [0.2, 0.25) is 0 Å². The van der Waals surface area contributed by atoms with E-state index in [0.717, 1.165) is 32.4 Å². The lowest BCUT2D eigenvalue weighted by atomic mass is 9.91. The van der Waals surface area contributed by atoms with Crippen LogP contribution in [0.1, 0.15) is 31.2 Å². The zero-order valence-electron chi connectivity index (χ0n) is 14.9. The van der Waals surface area contributed by atoms with Gasteiger partial charge in [0.25, 0.3) is 0 Å². The lowest BCUT2D eigenvalue weighted by Crippen LogP contribution is -2.63. The summed E-state index contributed by atoms with van der Waals surface area (Å²) in [4.78, 5) is 0. The van der Waals surface area contributed by atoms with Gasteiger partial charge in [-0.3, -0.25) is 10.6 Å². The molecule has 4 rings (SSSR count). The molecule has 2 unspecified atom stereocenters. The largest absolute Gasteiger partial charge is 0.328 e. The average Bonchev–Trinajstić information content (AvgIpc) is 2.64. The fourth-order valence-corrected chi connectivity index (χ4v) is 4.26. The third-order valence-electron chi connectivity index (χ3n) is 5.68. The van der Waals surface area contributed by atoms with Gasteiger partial charge in [0.05, 0.1) is 6.17 Å². The van der Waals surface area contributed by atoms with Gasteiger partial charge in [0.1, 0.15) is 0 Å². The van der Waals surface area contributed by atoms with Crippen LogP contribution in [0.2, 0.25) is 0 Å². The molecule has 2 atom stereocenters. The van der Waals surface area contributed by atoms with Crippen molar-refractivity contribution in [1.82, 2.24) is 16.0 Å². The molecule has 0 bridgehead atoms. The minimum Gasteiger partial charge on any atom is -0.328 e. The Morgan fingerprint density at radius 2 is 1.76 bits per heavy atom. The Bertz CT molecular complexity index is 693. The first kappa shape index (κ1) is 17.0. The molecule has 2 aromatic carbocycles. The molecule has 0 amide bonds. The number of fused-ring (bicyclic) bond motifs is 1. The van der Waals surface area contributed by atoms with Gasteiger partial charge in [-0.1, -0.05) is 42.5 Å². The number of hydrogen-bond donors (Lipinski definition) is 4. The van der Waals surface area contributed by atoms with E-state index in [1.54, 1.807) is 0 Å². The molecule has 1 saturated heterocycles. The second kappa shape index (κ2) is 7.83. The van der Waals surface area contributed by atoms with Crippen LogP contribution in [0, 0.1) is 0 Å². The molecule has 4 nitrogen and oxygen atoms in total. The normalized spacial score (nSPS) is 30.4. The standard InChI is InChI=1S/C21H30N4/c22-18-7-9-19(10-8-18)24-21-14-23-13-20(25-21)12-15-5-6-16-3-1-2-4-17(16)11-15/h1-6,11,18-21,23-25H,7-10,12-14,22H2. The van der Waals surface area contributed by atoms with Crippen molar-refractivity contribution in [3.05, 3.63) is 48.0 Å². The average molecular weight is 338 g/mol. The summed E-state index contributed by atoms with van der Waals surface area (Å²) in [6, 6.07) is 16.9. The monoisotopic (exact) mass is 338 g/mol. The van der Waals surface area contributed by atoms with E-state index < -0.39 is 0 Å². The second-order valence-electron chi connectivity index (χ2n) is 7.74. The molecule has 4 heteroatoms. The number of benzene rings is 2. The van der Waals surface area contributed by atoms with Gasteiger partial charge < -0.3 is 11.1 Å². The summed E-state index contributed by atoms with van der Waals surface area (Å²) in [6.07, 6.45) is 6.13. The van der Waals surface area contributed by atoms with Crippen molar-refractivity contribution < 1.29 is 0 Å². The molecule has 1 aliphatic carbocycles. The van der Waals surface area contributed by atoms with Gasteiger partial charge in [0.15, 0.2) is 0 Å². The summed E-state index contributed by atoms with van der Waals surface area (Å²) in [6.45, 7) is 2.03. The molecule has 1 aliphatic heterocycles. The zero-order valence-corrected chi connectivity index (χ0v) is 14.9. The summed E-state index contributed by atoms with van der Waals surface area (Å²) in [7, 11) is 0. The topological polar surface area (TPSA) is 62.1 Å². The van der Waals surface area contributed by atoms with Crippen LogP contribution < -0.4 is 21.7 Å². The van der Waals surface area contributed by atoms with E-state index in [9.17, 15) is 0 Å². The van der Waals surface area contributed by atoms with E-state index in [4.69, 9.17) is 5.73 Å². The van der Waals surface area contributed by atoms with Gasteiger partial charge in [-0.25, -0.2) is 0 Å². The van der Waals surface area contributed by atoms with Gasteiger partial charge >= 0.3 is 0 Å². The molecule has 0 aromatic heterocycles. The molecule has 0 spiro atoms. The van der Waals surface area contributed by atoms with Crippen LogP contribution in [0.5, 0.6) is 0 Å². The quantitative estimate of drug-likeness (QED) is 0.690. The van der Waals surface area contributed by atoms with Crippen molar-refractivity contribution in [2.75, 3.05) is 13.1 Å². The molecule has 25 heavy (non-hydrogen) atoms. The van der Waals surface area contributed by atoms with E-state index in [1.165, 1.54) is 29.2 Å². The zero-order chi connectivity index (χ0) is 17.1. The van der Waals surface area contributed by atoms with Crippen LogP contribution in [0.3, 0.4) is 0 Å². The predicted molar refractivity (Wildman–Crippen MR) is 105 cm³/mol. The van der Waals surface area contributed by atoms with Crippen LogP contribution >= 0.6 is 0 Å². The van der Waals surface area contributed by atoms with Crippen LogP contribution in [0.4, 0.5) is 0 Å². The van der Waals surface area contributed by atoms with Crippen molar-refractivity contribution in [2.24, 2.45) is 5.73 Å². The Morgan fingerprint density at radius 1 is 0.960 bits per heavy atom. The number of rotatable bonds is 4. The number of piperazine rings is 1. The van der Waals surface area contributed by atoms with Gasteiger partial charge in [0, 0.05) is 31.2 Å². The molecule has 2 fully saturated rings. The Hall–Kier alpha value is -1.46. The maximum Gasteiger partial charge on any atom is 0.0705 e. The third kappa shape index (κ3) is 4.39. The minimum atomic E-state index is 0.360. The van der Waals surface area contributed by atoms with Crippen LogP contribution in [-0.4, -0.2) is 37.4 Å². The van der Waals surface area contributed by atoms with E-state index in [-0.39, 0.29) is 0 Å². The van der Waals surface area contributed by atoms with Gasteiger partial charge in [-0.2, -0.15) is 0 Å². The fraction of sp³-hybridized carbons (Fsp3) is 0.524. The molecule has 5 N–H and O–H groups in total. The first-order valence-electron chi connectivity index (χ1n) is 9.72. The molecule has 1 heterocycles. The molecule has 2 aromatic rings. The van der Waals surface area contributed by atoms with E-state index >= 15 is 0 Å². The van der Waals surface area contributed by atoms with Crippen molar-refractivity contribution in [1.29, 1.82) is 0 Å². The summed E-state index contributed by atoms with van der Waals surface area (Å²) in [5.74, 6) is 0. The van der Waals surface area contributed by atoms with E-state index in [0.29, 0.717) is 24.3 Å². The fourth-order valence-electron chi connectivity index (χ4n) is 4.26. The summed E-state index contributed by atoms with van der Waals surface area (Å²) < 4.78 is 0. The number of nitrogens with two attached hydrogens (primary N) is 1. The minimum absolute atomic E-state index is 0.360. The molecule has 0 radical (unpaired) electrons. The Kier molecular flexibility index (Phi) is 5.32. The highest BCUT2D eigenvalue weighted by Crippen LogP contribution is 2.19. The Balaban J connectivity index is 1.34. The molecule has 1 saturated carbocycles. The van der Waals surface area contributed by atoms with Crippen molar-refractivity contribution >= 4 is 10.8 Å².